The van der Waals surface area contributed by atoms with Gasteiger partial charge in [0.1, 0.15) is 18.1 Å². The molecule has 274 valence electrons. The van der Waals surface area contributed by atoms with E-state index >= 15 is 0 Å². The lowest BCUT2D eigenvalue weighted by atomic mass is 9.84. The summed E-state index contributed by atoms with van der Waals surface area (Å²) in [5.41, 5.74) is -0.883. The lowest BCUT2D eigenvalue weighted by Gasteiger charge is -2.37. The number of hydrogen-bond donors (Lipinski definition) is 4. The monoisotopic (exact) mass is 688 g/mol. The van der Waals surface area contributed by atoms with Crippen molar-refractivity contribution < 1.29 is 41.9 Å². The van der Waals surface area contributed by atoms with Crippen LogP contribution < -0.4 is 21.3 Å². The molecule has 1 aliphatic rings. The van der Waals surface area contributed by atoms with E-state index < -0.39 is 84.1 Å². The Kier molecular flexibility index (Phi) is 15.6. The topological polar surface area (TPSA) is 157 Å². The Bertz CT molecular complexity index is 1180. The fourth-order valence-corrected chi connectivity index (χ4v) is 5.46. The molecule has 5 atom stereocenters. The van der Waals surface area contributed by atoms with Crippen molar-refractivity contribution in [3.05, 3.63) is 12.7 Å². The van der Waals surface area contributed by atoms with Gasteiger partial charge in [0.25, 0.3) is 5.91 Å². The van der Waals surface area contributed by atoms with Crippen LogP contribution in [0, 0.1) is 23.2 Å². The molecule has 0 aromatic rings. The summed E-state index contributed by atoms with van der Waals surface area (Å²) in [6.45, 7) is 19.4. The van der Waals surface area contributed by atoms with E-state index in [1.165, 1.54) is 15.9 Å². The number of alkyl halides is 3. The Balaban J connectivity index is 3.40. The summed E-state index contributed by atoms with van der Waals surface area (Å²) < 4.78 is 39.5. The molecule has 1 saturated heterocycles. The molecule has 1 aliphatic heterocycles. The third-order valence-electron chi connectivity index (χ3n) is 8.56. The Morgan fingerprint density at radius 1 is 0.958 bits per heavy atom. The molecule has 0 saturated carbocycles. The van der Waals surface area contributed by atoms with E-state index in [0.717, 1.165) is 0 Å². The minimum Gasteiger partial charge on any atom is -0.346 e. The quantitative estimate of drug-likeness (QED) is 0.153. The van der Waals surface area contributed by atoms with E-state index in [1.54, 1.807) is 41.7 Å². The van der Waals surface area contributed by atoms with Crippen LogP contribution in [-0.4, -0.2) is 102 Å². The lowest BCUT2D eigenvalue weighted by molar-refractivity contribution is -0.147. The predicted octanol–water partition coefficient (Wildman–Crippen LogP) is 3.16. The standard InChI is InChI=1S/C33H55F3N6O6/c1-12-16-37-28(45)25(43)22(13-15-33(34,35)36)38-27(44)24-21(18(2)3)14-17-42(24)30(47)26(32(8,9)10)40-31(48)39-23(19(4)5)29(46)41(11)20(6)7/h12,18-24,26H,1,13-17H2,2-11H3,(H,37,45)(H,38,44)(H2,39,40,48)/t21?,22?,23-,24-,26+/m0/s1. The maximum atomic E-state index is 14.2. The van der Waals surface area contributed by atoms with Crippen LogP contribution in [-0.2, 0) is 24.0 Å². The molecule has 4 N–H and O–H groups in total. The Morgan fingerprint density at radius 3 is 2.00 bits per heavy atom. The summed E-state index contributed by atoms with van der Waals surface area (Å²) in [4.78, 5) is 82.5. The second kappa shape index (κ2) is 17.7. The summed E-state index contributed by atoms with van der Waals surface area (Å²) in [6.07, 6.45) is -5.31. The van der Waals surface area contributed by atoms with Gasteiger partial charge in [-0.1, -0.05) is 54.5 Å². The summed E-state index contributed by atoms with van der Waals surface area (Å²) in [7, 11) is 1.63. The maximum Gasteiger partial charge on any atom is 0.389 e. The van der Waals surface area contributed by atoms with Crippen molar-refractivity contribution in [2.75, 3.05) is 20.1 Å². The molecule has 6 amide bonds. The van der Waals surface area contributed by atoms with Crippen molar-refractivity contribution in [1.29, 1.82) is 0 Å². The second-order valence-corrected chi connectivity index (χ2v) is 14.4. The summed E-state index contributed by atoms with van der Waals surface area (Å²) >= 11 is 0. The van der Waals surface area contributed by atoms with E-state index in [9.17, 15) is 41.9 Å². The van der Waals surface area contributed by atoms with E-state index in [2.05, 4.69) is 27.8 Å². The van der Waals surface area contributed by atoms with Gasteiger partial charge in [-0.25, -0.2) is 4.79 Å². The molecule has 1 fully saturated rings. The van der Waals surface area contributed by atoms with Gasteiger partial charge in [-0.2, -0.15) is 13.2 Å². The average Bonchev–Trinajstić information content (AvgIpc) is 3.42. The van der Waals surface area contributed by atoms with Gasteiger partial charge in [0.05, 0.1) is 6.04 Å². The predicted molar refractivity (Wildman–Crippen MR) is 175 cm³/mol. The highest BCUT2D eigenvalue weighted by atomic mass is 19.4. The van der Waals surface area contributed by atoms with Crippen LogP contribution in [0.5, 0.6) is 0 Å². The zero-order chi connectivity index (χ0) is 37.3. The zero-order valence-corrected chi connectivity index (χ0v) is 29.9. The van der Waals surface area contributed by atoms with Gasteiger partial charge in [0.15, 0.2) is 0 Å². The molecule has 0 aromatic heterocycles. The van der Waals surface area contributed by atoms with E-state index in [1.807, 2.05) is 27.7 Å². The van der Waals surface area contributed by atoms with Crippen LogP contribution in [0.25, 0.3) is 0 Å². The van der Waals surface area contributed by atoms with Gasteiger partial charge in [0.2, 0.25) is 23.5 Å². The number of hydrogen-bond acceptors (Lipinski definition) is 6. The SMILES string of the molecule is C=CCNC(=O)C(=O)C(CCC(F)(F)F)NC(=O)[C@@H]1C(C(C)C)CCN1C(=O)[C@@H](NC(=O)N[C@H](C(=O)N(C)C(C)C)C(C)C)C(C)(C)C. The number of Topliss-reactive ketones (excluding diaryl/α,β-unsaturated/α-hetero) is 1. The van der Waals surface area contributed by atoms with E-state index in [4.69, 9.17) is 0 Å². The van der Waals surface area contributed by atoms with Crippen molar-refractivity contribution in [2.24, 2.45) is 23.2 Å². The lowest BCUT2D eigenvalue weighted by Crippen LogP contribution is -2.62. The maximum absolute atomic E-state index is 14.2. The van der Waals surface area contributed by atoms with Gasteiger partial charge < -0.3 is 31.1 Å². The first-order valence-electron chi connectivity index (χ1n) is 16.4. The number of urea groups is 1. The molecule has 15 heteroatoms. The summed E-state index contributed by atoms with van der Waals surface area (Å²) in [6, 6.07) is -5.96. The first-order valence-corrected chi connectivity index (χ1v) is 16.4. The molecule has 1 rings (SSSR count). The van der Waals surface area contributed by atoms with Crippen LogP contribution in [0.15, 0.2) is 12.7 Å². The van der Waals surface area contributed by atoms with E-state index in [-0.39, 0.29) is 36.9 Å². The number of carbonyl (C=O) groups excluding carboxylic acids is 6. The largest absolute Gasteiger partial charge is 0.389 e. The third kappa shape index (κ3) is 12.1. The number of rotatable bonds is 15. The highest BCUT2D eigenvalue weighted by Gasteiger charge is 2.48. The van der Waals surface area contributed by atoms with Gasteiger partial charge in [-0.05, 0) is 49.9 Å². The minimum absolute atomic E-state index is 0.100. The van der Waals surface area contributed by atoms with E-state index in [0.29, 0.717) is 6.42 Å². The molecule has 48 heavy (non-hydrogen) atoms. The first-order chi connectivity index (χ1) is 21.9. The molecule has 1 heterocycles. The van der Waals surface area contributed by atoms with Crippen molar-refractivity contribution in [3.8, 4) is 0 Å². The molecule has 2 unspecified atom stereocenters. The Morgan fingerprint density at radius 2 is 1.54 bits per heavy atom. The normalized spacial score (nSPS) is 18.6. The van der Waals surface area contributed by atoms with Gasteiger partial charge in [-0.3, -0.25) is 24.0 Å². The van der Waals surface area contributed by atoms with Crippen molar-refractivity contribution in [1.82, 2.24) is 31.1 Å². The van der Waals surface area contributed by atoms with Gasteiger partial charge in [-0.15, -0.1) is 6.58 Å². The number of halogens is 3. The van der Waals surface area contributed by atoms with Crippen LogP contribution in [0.3, 0.4) is 0 Å². The smallest absolute Gasteiger partial charge is 0.346 e. The molecule has 12 nitrogen and oxygen atoms in total. The number of amides is 6. The first kappa shape index (κ1) is 42.4. The highest BCUT2D eigenvalue weighted by Crippen LogP contribution is 2.34. The van der Waals surface area contributed by atoms with Gasteiger partial charge >= 0.3 is 12.2 Å². The fourth-order valence-electron chi connectivity index (χ4n) is 5.46. The molecule has 0 radical (unpaired) electrons. The van der Waals surface area contributed by atoms with Crippen LogP contribution >= 0.6 is 0 Å². The number of likely N-dealkylation sites (tertiary alicyclic amines) is 1. The van der Waals surface area contributed by atoms with Crippen molar-refractivity contribution in [2.45, 2.75) is 118 Å². The third-order valence-corrected chi connectivity index (χ3v) is 8.56. The van der Waals surface area contributed by atoms with Crippen molar-refractivity contribution >= 4 is 35.4 Å². The Hall–Kier alpha value is -3.65. The number of nitrogens with zero attached hydrogens (tertiary/aromatic N) is 2. The van der Waals surface area contributed by atoms with Crippen LogP contribution in [0.1, 0.15) is 81.6 Å². The number of likely N-dealkylation sites (N-methyl/N-ethyl adjacent to an activating group) is 1. The van der Waals surface area contributed by atoms with Gasteiger partial charge in [0, 0.05) is 32.6 Å². The average molecular weight is 689 g/mol. The highest BCUT2D eigenvalue weighted by molar-refractivity contribution is 6.38. The summed E-state index contributed by atoms with van der Waals surface area (Å²) in [5.74, 6) is -5.11. The zero-order valence-electron chi connectivity index (χ0n) is 29.9. The van der Waals surface area contributed by atoms with Crippen LogP contribution in [0.2, 0.25) is 0 Å². The molecule has 0 spiro atoms. The second-order valence-electron chi connectivity index (χ2n) is 14.4. The fraction of sp³-hybridized carbons (Fsp3) is 0.758. The number of nitrogens with one attached hydrogen (secondary N) is 4. The molecule has 0 aromatic carbocycles. The van der Waals surface area contributed by atoms with Crippen molar-refractivity contribution in [3.63, 3.8) is 0 Å². The summed E-state index contributed by atoms with van der Waals surface area (Å²) in [5, 5.41) is 9.94. The van der Waals surface area contributed by atoms with Crippen LogP contribution in [0.4, 0.5) is 18.0 Å². The molecular formula is C33H55F3N6O6. The molecule has 0 aliphatic carbocycles. The molecular weight excluding hydrogens is 633 g/mol. The minimum atomic E-state index is -4.66. The Labute approximate surface area is 282 Å². The number of ketones is 1. The number of carbonyl (C=O) groups is 6. The molecule has 0 bridgehead atoms.